The van der Waals surface area contributed by atoms with Gasteiger partial charge in [-0.15, -0.1) is 0 Å². The molecule has 0 heterocycles. The predicted octanol–water partition coefficient (Wildman–Crippen LogP) is 2.69. The predicted molar refractivity (Wildman–Crippen MR) is 79.4 cm³/mol. The quantitative estimate of drug-likeness (QED) is 0.869. The lowest BCUT2D eigenvalue weighted by atomic mass is 9.86. The number of carbonyl (C=O) groups excluding carboxylic acids is 1. The zero-order chi connectivity index (χ0) is 14.2. The van der Waals surface area contributed by atoms with Crippen molar-refractivity contribution >= 4 is 6.09 Å². The molecule has 110 valence electrons. The molecule has 0 saturated heterocycles. The number of ether oxygens (including phenoxy) is 1. The summed E-state index contributed by atoms with van der Waals surface area (Å²) in [6.45, 7) is 1.06. The second kappa shape index (κ2) is 7.90. The van der Waals surface area contributed by atoms with E-state index in [-0.39, 0.29) is 6.09 Å². The summed E-state index contributed by atoms with van der Waals surface area (Å²) < 4.78 is 5.20. The Morgan fingerprint density at radius 2 is 1.90 bits per heavy atom. The van der Waals surface area contributed by atoms with Gasteiger partial charge in [-0.3, -0.25) is 0 Å². The van der Waals surface area contributed by atoms with Crippen LogP contribution in [0, 0.1) is 5.92 Å². The maximum atomic E-state index is 11.6. The van der Waals surface area contributed by atoms with Gasteiger partial charge in [0.25, 0.3) is 0 Å². The third-order valence-corrected chi connectivity index (χ3v) is 4.00. The van der Waals surface area contributed by atoms with Gasteiger partial charge in [-0.1, -0.05) is 30.3 Å². The molecule has 0 radical (unpaired) electrons. The number of hydrogen-bond acceptors (Lipinski definition) is 3. The van der Waals surface area contributed by atoms with E-state index in [4.69, 9.17) is 4.74 Å². The molecule has 1 amide bonds. The third kappa shape index (κ3) is 4.85. The molecule has 0 aliphatic heterocycles. The van der Waals surface area contributed by atoms with Gasteiger partial charge in [0, 0.05) is 12.6 Å². The van der Waals surface area contributed by atoms with Gasteiger partial charge in [0.15, 0.2) is 0 Å². The first-order valence-corrected chi connectivity index (χ1v) is 7.39. The van der Waals surface area contributed by atoms with E-state index < -0.39 is 0 Å². The van der Waals surface area contributed by atoms with Gasteiger partial charge in [-0.25, -0.2) is 4.79 Å². The average molecular weight is 276 g/mol. The highest BCUT2D eigenvalue weighted by Crippen LogP contribution is 2.23. The summed E-state index contributed by atoms with van der Waals surface area (Å²) >= 11 is 0. The van der Waals surface area contributed by atoms with Crippen molar-refractivity contribution in [1.29, 1.82) is 0 Å². The van der Waals surface area contributed by atoms with E-state index in [1.165, 1.54) is 25.7 Å². The van der Waals surface area contributed by atoms with Crippen LogP contribution in [0.15, 0.2) is 30.3 Å². The van der Waals surface area contributed by atoms with Crippen LogP contribution in [0.4, 0.5) is 4.79 Å². The van der Waals surface area contributed by atoms with Crippen LogP contribution in [0.3, 0.4) is 0 Å². The zero-order valence-electron chi connectivity index (χ0n) is 12.1. The lowest BCUT2D eigenvalue weighted by Crippen LogP contribution is -2.35. The van der Waals surface area contributed by atoms with Crippen LogP contribution in [-0.4, -0.2) is 25.7 Å². The van der Waals surface area contributed by atoms with Crippen LogP contribution in [0.25, 0.3) is 0 Å². The Bertz CT molecular complexity index is 400. The molecule has 0 aromatic heterocycles. The summed E-state index contributed by atoms with van der Waals surface area (Å²) in [7, 11) is 2.02. The number of alkyl carbamates (subject to hydrolysis) is 1. The van der Waals surface area contributed by atoms with Crippen molar-refractivity contribution in [3.8, 4) is 0 Å². The number of hydrogen-bond donors (Lipinski definition) is 2. The molecule has 2 rings (SSSR count). The minimum absolute atomic E-state index is 0.315. The average Bonchev–Trinajstić information content (AvgIpc) is 2.52. The Balaban J connectivity index is 1.61. The minimum Gasteiger partial charge on any atom is -0.445 e. The van der Waals surface area contributed by atoms with E-state index in [1.54, 1.807) is 0 Å². The summed E-state index contributed by atoms with van der Waals surface area (Å²) in [6, 6.07) is 10.4. The molecule has 1 aliphatic carbocycles. The number of amides is 1. The van der Waals surface area contributed by atoms with Crippen molar-refractivity contribution < 1.29 is 9.53 Å². The summed E-state index contributed by atoms with van der Waals surface area (Å²) in [5, 5.41) is 6.19. The Kier molecular flexibility index (Phi) is 5.87. The van der Waals surface area contributed by atoms with Crippen molar-refractivity contribution in [2.45, 2.75) is 38.3 Å². The number of nitrogens with one attached hydrogen (secondary N) is 2. The van der Waals surface area contributed by atoms with Crippen LogP contribution in [-0.2, 0) is 11.3 Å². The Labute approximate surface area is 120 Å². The molecule has 1 aromatic rings. The van der Waals surface area contributed by atoms with E-state index in [0.717, 1.165) is 12.1 Å². The fraction of sp³-hybridized carbons (Fsp3) is 0.562. The highest BCUT2D eigenvalue weighted by molar-refractivity contribution is 5.67. The van der Waals surface area contributed by atoms with E-state index >= 15 is 0 Å². The van der Waals surface area contributed by atoms with Crippen LogP contribution in [0.2, 0.25) is 0 Å². The van der Waals surface area contributed by atoms with Crippen LogP contribution >= 0.6 is 0 Å². The van der Waals surface area contributed by atoms with Gasteiger partial charge < -0.3 is 15.4 Å². The lowest BCUT2D eigenvalue weighted by Gasteiger charge is -2.28. The normalized spacial score (nSPS) is 22.2. The molecule has 4 nitrogen and oxygen atoms in total. The monoisotopic (exact) mass is 276 g/mol. The second-order valence-corrected chi connectivity index (χ2v) is 5.45. The van der Waals surface area contributed by atoms with Crippen molar-refractivity contribution in [3.05, 3.63) is 35.9 Å². The zero-order valence-corrected chi connectivity index (χ0v) is 12.1. The topological polar surface area (TPSA) is 50.4 Å². The van der Waals surface area contributed by atoms with Gasteiger partial charge in [-0.05, 0) is 44.2 Å². The molecule has 0 spiro atoms. The van der Waals surface area contributed by atoms with E-state index in [1.807, 2.05) is 37.4 Å². The summed E-state index contributed by atoms with van der Waals surface area (Å²) in [5.41, 5.74) is 1.01. The Morgan fingerprint density at radius 3 is 2.55 bits per heavy atom. The van der Waals surface area contributed by atoms with Crippen molar-refractivity contribution in [2.75, 3.05) is 13.6 Å². The maximum absolute atomic E-state index is 11.6. The van der Waals surface area contributed by atoms with Crippen LogP contribution in [0.5, 0.6) is 0 Å². The molecule has 1 aromatic carbocycles. The standard InChI is InChI=1S/C16H24N2O2/c1-17-15-9-7-13(8-10-15)11-18-16(19)20-12-14-5-3-2-4-6-14/h2-6,13,15,17H,7-12H2,1H3,(H,18,19). The first kappa shape index (κ1) is 14.9. The van der Waals surface area contributed by atoms with E-state index in [0.29, 0.717) is 18.6 Å². The van der Waals surface area contributed by atoms with Crippen molar-refractivity contribution in [2.24, 2.45) is 5.92 Å². The Hall–Kier alpha value is -1.55. The molecule has 20 heavy (non-hydrogen) atoms. The first-order valence-electron chi connectivity index (χ1n) is 7.39. The fourth-order valence-corrected chi connectivity index (χ4v) is 2.66. The highest BCUT2D eigenvalue weighted by atomic mass is 16.5. The summed E-state index contributed by atoms with van der Waals surface area (Å²) in [5.74, 6) is 0.587. The third-order valence-electron chi connectivity index (χ3n) is 4.00. The second-order valence-electron chi connectivity index (χ2n) is 5.45. The molecular formula is C16H24N2O2. The van der Waals surface area contributed by atoms with E-state index in [9.17, 15) is 4.79 Å². The van der Waals surface area contributed by atoms with Gasteiger partial charge in [-0.2, -0.15) is 0 Å². The molecule has 0 unspecified atom stereocenters. The van der Waals surface area contributed by atoms with Gasteiger partial charge in [0.1, 0.15) is 6.61 Å². The number of rotatable bonds is 5. The molecule has 0 atom stereocenters. The fourth-order valence-electron chi connectivity index (χ4n) is 2.66. The molecule has 0 bridgehead atoms. The maximum Gasteiger partial charge on any atom is 0.407 e. The lowest BCUT2D eigenvalue weighted by molar-refractivity contribution is 0.136. The highest BCUT2D eigenvalue weighted by Gasteiger charge is 2.20. The van der Waals surface area contributed by atoms with Gasteiger partial charge >= 0.3 is 6.09 Å². The van der Waals surface area contributed by atoms with Crippen LogP contribution in [0.1, 0.15) is 31.2 Å². The SMILES string of the molecule is CNC1CCC(CNC(=O)OCc2ccccc2)CC1. The summed E-state index contributed by atoms with van der Waals surface area (Å²) in [4.78, 5) is 11.6. The molecule has 1 fully saturated rings. The molecular weight excluding hydrogens is 252 g/mol. The number of carbonyl (C=O) groups is 1. The molecule has 1 saturated carbocycles. The van der Waals surface area contributed by atoms with Crippen LogP contribution < -0.4 is 10.6 Å². The first-order chi connectivity index (χ1) is 9.78. The summed E-state index contributed by atoms with van der Waals surface area (Å²) in [6.07, 6.45) is 4.42. The number of benzene rings is 1. The molecule has 2 N–H and O–H groups in total. The van der Waals surface area contributed by atoms with Crippen molar-refractivity contribution in [1.82, 2.24) is 10.6 Å². The smallest absolute Gasteiger partial charge is 0.407 e. The minimum atomic E-state index is -0.315. The molecule has 4 heteroatoms. The Morgan fingerprint density at radius 1 is 1.20 bits per heavy atom. The van der Waals surface area contributed by atoms with Gasteiger partial charge in [0.05, 0.1) is 0 Å². The van der Waals surface area contributed by atoms with E-state index in [2.05, 4.69) is 10.6 Å². The largest absolute Gasteiger partial charge is 0.445 e. The van der Waals surface area contributed by atoms with Gasteiger partial charge in [0.2, 0.25) is 0 Å². The van der Waals surface area contributed by atoms with Crippen molar-refractivity contribution in [3.63, 3.8) is 0 Å². The molecule has 1 aliphatic rings.